The van der Waals surface area contributed by atoms with Crippen LogP contribution in [0.5, 0.6) is 0 Å². The molecule has 6 heteroatoms. The second-order valence-corrected chi connectivity index (χ2v) is 5.94. The summed E-state index contributed by atoms with van der Waals surface area (Å²) in [6, 6.07) is 20.5. The molecule has 1 N–H and O–H groups in total. The Hall–Kier alpha value is -4.06. The average Bonchev–Trinajstić information content (AvgIpc) is 3.24. The Kier molecular flexibility index (Phi) is 5.02. The molecule has 6 nitrogen and oxygen atoms in total. The topological polar surface area (TPSA) is 80.9 Å². The molecule has 0 spiro atoms. The van der Waals surface area contributed by atoms with Gasteiger partial charge in [-0.3, -0.25) is 9.78 Å². The summed E-state index contributed by atoms with van der Waals surface area (Å²) in [5, 5.41) is 6.88. The Labute approximate surface area is 161 Å². The number of anilines is 1. The Morgan fingerprint density at radius 3 is 2.50 bits per heavy atom. The van der Waals surface area contributed by atoms with Crippen LogP contribution in [0.25, 0.3) is 28.9 Å². The summed E-state index contributed by atoms with van der Waals surface area (Å²) in [6.45, 7) is 0. The molecule has 2 aromatic carbocycles. The van der Waals surface area contributed by atoms with Crippen LogP contribution in [-0.2, 0) is 4.79 Å². The maximum atomic E-state index is 12.3. The second-order valence-electron chi connectivity index (χ2n) is 5.94. The van der Waals surface area contributed by atoms with Crippen LogP contribution in [0, 0.1) is 0 Å². The van der Waals surface area contributed by atoms with Gasteiger partial charge in [0.1, 0.15) is 0 Å². The first-order valence-electron chi connectivity index (χ1n) is 8.67. The van der Waals surface area contributed by atoms with E-state index in [9.17, 15) is 4.79 Å². The SMILES string of the molecule is O=C(/C=C/c1ccccc1)Nc1ccccc1-c1nc(-c2ccncc2)no1. The molecule has 0 saturated heterocycles. The number of carbonyl (C=O) groups is 1. The fourth-order valence-electron chi connectivity index (χ4n) is 2.64. The molecule has 0 aliphatic rings. The summed E-state index contributed by atoms with van der Waals surface area (Å²) in [6.07, 6.45) is 6.58. The monoisotopic (exact) mass is 368 g/mol. The summed E-state index contributed by atoms with van der Waals surface area (Å²) in [5.41, 5.74) is 2.99. The standard InChI is InChI=1S/C22H16N4O2/c27-20(11-10-16-6-2-1-3-7-16)24-19-9-5-4-8-18(19)22-25-21(26-28-22)17-12-14-23-15-13-17/h1-15H,(H,24,27)/b11-10+. The van der Waals surface area contributed by atoms with E-state index in [2.05, 4.69) is 20.4 Å². The lowest BCUT2D eigenvalue weighted by atomic mass is 10.1. The van der Waals surface area contributed by atoms with Crippen molar-refractivity contribution in [1.82, 2.24) is 15.1 Å². The predicted octanol–water partition coefficient (Wildman–Crippen LogP) is 4.45. The van der Waals surface area contributed by atoms with E-state index in [4.69, 9.17) is 4.52 Å². The molecule has 0 unspecified atom stereocenters. The number of pyridine rings is 1. The number of hydrogen-bond donors (Lipinski definition) is 1. The van der Waals surface area contributed by atoms with Gasteiger partial charge in [-0.2, -0.15) is 4.98 Å². The van der Waals surface area contributed by atoms with Crippen LogP contribution in [0.15, 0.2) is 89.7 Å². The highest BCUT2D eigenvalue weighted by atomic mass is 16.5. The van der Waals surface area contributed by atoms with Crippen molar-refractivity contribution < 1.29 is 9.32 Å². The molecule has 136 valence electrons. The van der Waals surface area contributed by atoms with Gasteiger partial charge < -0.3 is 9.84 Å². The Balaban J connectivity index is 1.55. The molecule has 2 aromatic heterocycles. The van der Waals surface area contributed by atoms with Gasteiger partial charge in [0, 0.05) is 24.0 Å². The van der Waals surface area contributed by atoms with Crippen molar-refractivity contribution >= 4 is 17.7 Å². The van der Waals surface area contributed by atoms with Crippen LogP contribution >= 0.6 is 0 Å². The summed E-state index contributed by atoms with van der Waals surface area (Å²) < 4.78 is 5.41. The van der Waals surface area contributed by atoms with Gasteiger partial charge in [0.15, 0.2) is 0 Å². The molecule has 0 aliphatic heterocycles. The number of aromatic nitrogens is 3. The largest absolute Gasteiger partial charge is 0.334 e. The number of amides is 1. The van der Waals surface area contributed by atoms with Crippen LogP contribution in [0.2, 0.25) is 0 Å². The van der Waals surface area contributed by atoms with Crippen LogP contribution in [0.3, 0.4) is 0 Å². The van der Waals surface area contributed by atoms with Gasteiger partial charge in [-0.15, -0.1) is 0 Å². The van der Waals surface area contributed by atoms with Crippen molar-refractivity contribution in [3.63, 3.8) is 0 Å². The van der Waals surface area contributed by atoms with Crippen LogP contribution < -0.4 is 5.32 Å². The number of nitrogens with one attached hydrogen (secondary N) is 1. The minimum Gasteiger partial charge on any atom is -0.334 e. The van der Waals surface area contributed by atoms with Gasteiger partial charge in [-0.05, 0) is 35.9 Å². The summed E-state index contributed by atoms with van der Waals surface area (Å²) in [5.74, 6) is 0.544. The number of benzene rings is 2. The highest BCUT2D eigenvalue weighted by Crippen LogP contribution is 2.28. The molecule has 0 fully saturated rings. The van der Waals surface area contributed by atoms with Crippen molar-refractivity contribution in [1.29, 1.82) is 0 Å². The minimum atomic E-state index is -0.245. The van der Waals surface area contributed by atoms with Crippen LogP contribution in [-0.4, -0.2) is 21.0 Å². The van der Waals surface area contributed by atoms with E-state index in [0.29, 0.717) is 23.0 Å². The Morgan fingerprint density at radius 2 is 1.68 bits per heavy atom. The van der Waals surface area contributed by atoms with Crippen molar-refractivity contribution in [2.45, 2.75) is 0 Å². The van der Waals surface area contributed by atoms with E-state index in [1.807, 2.05) is 48.5 Å². The molecule has 1 amide bonds. The third-order valence-corrected chi connectivity index (χ3v) is 4.01. The van der Waals surface area contributed by atoms with E-state index in [-0.39, 0.29) is 5.91 Å². The van der Waals surface area contributed by atoms with Crippen molar-refractivity contribution in [3.05, 3.63) is 90.8 Å². The molecule has 0 radical (unpaired) electrons. The first kappa shape index (κ1) is 17.4. The van der Waals surface area contributed by atoms with E-state index < -0.39 is 0 Å². The number of para-hydroxylation sites is 1. The zero-order valence-electron chi connectivity index (χ0n) is 14.8. The fraction of sp³-hybridized carbons (Fsp3) is 0. The highest BCUT2D eigenvalue weighted by molar-refractivity contribution is 6.03. The van der Waals surface area contributed by atoms with Gasteiger partial charge >= 0.3 is 0 Å². The predicted molar refractivity (Wildman–Crippen MR) is 107 cm³/mol. The highest BCUT2D eigenvalue weighted by Gasteiger charge is 2.14. The Morgan fingerprint density at radius 1 is 0.929 bits per heavy atom. The molecule has 0 bridgehead atoms. The first-order chi connectivity index (χ1) is 13.8. The average molecular weight is 368 g/mol. The van der Waals surface area contributed by atoms with E-state index in [1.165, 1.54) is 6.08 Å². The molecule has 2 heterocycles. The maximum Gasteiger partial charge on any atom is 0.260 e. The van der Waals surface area contributed by atoms with Crippen molar-refractivity contribution in [2.24, 2.45) is 0 Å². The van der Waals surface area contributed by atoms with Gasteiger partial charge in [-0.25, -0.2) is 0 Å². The zero-order chi connectivity index (χ0) is 19.2. The van der Waals surface area contributed by atoms with Crippen LogP contribution in [0.1, 0.15) is 5.56 Å². The number of hydrogen-bond acceptors (Lipinski definition) is 5. The van der Waals surface area contributed by atoms with Crippen molar-refractivity contribution in [2.75, 3.05) is 5.32 Å². The minimum absolute atomic E-state index is 0.245. The molecular weight excluding hydrogens is 352 g/mol. The molecule has 0 saturated carbocycles. The summed E-state index contributed by atoms with van der Waals surface area (Å²) >= 11 is 0. The molecule has 4 rings (SSSR count). The molecule has 28 heavy (non-hydrogen) atoms. The number of rotatable bonds is 5. The lowest BCUT2D eigenvalue weighted by molar-refractivity contribution is -0.111. The lowest BCUT2D eigenvalue weighted by Gasteiger charge is -2.06. The Bertz CT molecular complexity index is 1110. The molecule has 0 aliphatic carbocycles. The van der Waals surface area contributed by atoms with Gasteiger partial charge in [0.2, 0.25) is 11.7 Å². The molecule has 4 aromatic rings. The quantitative estimate of drug-likeness (QED) is 0.526. The van der Waals surface area contributed by atoms with Crippen LogP contribution in [0.4, 0.5) is 5.69 Å². The molecule has 0 atom stereocenters. The number of carbonyl (C=O) groups excluding carboxylic acids is 1. The fourth-order valence-corrected chi connectivity index (χ4v) is 2.64. The summed E-state index contributed by atoms with van der Waals surface area (Å²) in [7, 11) is 0. The lowest BCUT2D eigenvalue weighted by Crippen LogP contribution is -2.08. The smallest absolute Gasteiger partial charge is 0.260 e. The maximum absolute atomic E-state index is 12.3. The third-order valence-electron chi connectivity index (χ3n) is 4.01. The molecular formula is C22H16N4O2. The van der Waals surface area contributed by atoms with Gasteiger partial charge in [0.05, 0.1) is 11.3 Å². The van der Waals surface area contributed by atoms with E-state index >= 15 is 0 Å². The van der Waals surface area contributed by atoms with Crippen molar-refractivity contribution in [3.8, 4) is 22.8 Å². The first-order valence-corrected chi connectivity index (χ1v) is 8.67. The number of nitrogens with zero attached hydrogens (tertiary/aromatic N) is 3. The zero-order valence-corrected chi connectivity index (χ0v) is 14.8. The van der Waals surface area contributed by atoms with E-state index in [0.717, 1.165) is 11.1 Å². The summed E-state index contributed by atoms with van der Waals surface area (Å²) in [4.78, 5) is 20.7. The normalized spacial score (nSPS) is 10.9. The second kappa shape index (κ2) is 8.09. The van der Waals surface area contributed by atoms with Gasteiger partial charge in [-0.1, -0.05) is 47.6 Å². The van der Waals surface area contributed by atoms with Gasteiger partial charge in [0.25, 0.3) is 5.89 Å². The van der Waals surface area contributed by atoms with E-state index in [1.54, 1.807) is 36.7 Å². The third kappa shape index (κ3) is 4.02.